The van der Waals surface area contributed by atoms with Gasteiger partial charge in [0.1, 0.15) is 5.75 Å². The second-order valence-corrected chi connectivity index (χ2v) is 5.42. The van der Waals surface area contributed by atoms with Crippen LogP contribution in [0, 0.1) is 6.92 Å². The number of H-pyrrole nitrogens is 1. The van der Waals surface area contributed by atoms with Crippen LogP contribution in [0.1, 0.15) is 18.2 Å². The maximum absolute atomic E-state index is 10.0. The van der Waals surface area contributed by atoms with Crippen molar-refractivity contribution in [3.05, 3.63) is 32.9 Å². The Morgan fingerprint density at radius 2 is 1.94 bits per heavy atom. The molecule has 0 aliphatic rings. The lowest BCUT2D eigenvalue weighted by molar-refractivity contribution is 0.455. The van der Waals surface area contributed by atoms with Crippen molar-refractivity contribution in [3.8, 4) is 22.8 Å². The van der Waals surface area contributed by atoms with E-state index in [1.165, 1.54) is 0 Å². The van der Waals surface area contributed by atoms with E-state index < -0.39 is 0 Å². The molecule has 18 heavy (non-hydrogen) atoms. The summed E-state index contributed by atoms with van der Waals surface area (Å²) < 4.78 is 0.874. The highest BCUT2D eigenvalue weighted by Gasteiger charge is 2.21. The van der Waals surface area contributed by atoms with E-state index in [-0.39, 0.29) is 11.6 Å². The van der Waals surface area contributed by atoms with Gasteiger partial charge in [-0.25, -0.2) is 0 Å². The monoisotopic (exact) mass is 329 g/mol. The van der Waals surface area contributed by atoms with Gasteiger partial charge in [0, 0.05) is 10.0 Å². The summed E-state index contributed by atoms with van der Waals surface area (Å²) in [6, 6.07) is 3.68. The number of aromatic nitrogens is 1. The normalized spacial score (nSPS) is 10.9. The van der Waals surface area contributed by atoms with Gasteiger partial charge in [-0.3, -0.25) is 0 Å². The Balaban J connectivity index is 2.78. The minimum absolute atomic E-state index is 0.0337. The molecule has 0 fully saturated rings. The summed E-state index contributed by atoms with van der Waals surface area (Å²) in [5.41, 5.74) is 2.51. The predicted octanol–water partition coefficient (Wildman–Crippen LogP) is 4.38. The third-order valence-electron chi connectivity index (χ3n) is 2.90. The summed E-state index contributed by atoms with van der Waals surface area (Å²) in [5, 5.41) is 20.4. The first kappa shape index (κ1) is 13.3. The molecular formula is C13H13BrClNO2. The summed E-state index contributed by atoms with van der Waals surface area (Å²) in [6.07, 6.45) is 0.748. The van der Waals surface area contributed by atoms with Crippen molar-refractivity contribution in [2.24, 2.45) is 0 Å². The van der Waals surface area contributed by atoms with E-state index in [1.807, 2.05) is 13.0 Å². The smallest absolute Gasteiger partial charge is 0.200 e. The molecular weight excluding hydrogens is 318 g/mol. The van der Waals surface area contributed by atoms with Crippen LogP contribution in [0.3, 0.4) is 0 Å². The van der Waals surface area contributed by atoms with Crippen molar-refractivity contribution in [2.45, 2.75) is 20.3 Å². The molecule has 1 aromatic carbocycles. The largest absolute Gasteiger partial charge is 0.505 e. The van der Waals surface area contributed by atoms with Crippen molar-refractivity contribution in [1.29, 1.82) is 0 Å². The Labute approximate surface area is 119 Å². The van der Waals surface area contributed by atoms with Crippen LogP contribution in [-0.2, 0) is 6.42 Å². The van der Waals surface area contributed by atoms with Gasteiger partial charge >= 0.3 is 0 Å². The lowest BCUT2D eigenvalue weighted by Gasteiger charge is -2.11. The Bertz CT molecular complexity index is 608. The van der Waals surface area contributed by atoms with Gasteiger partial charge in [0.25, 0.3) is 0 Å². The molecule has 0 aliphatic heterocycles. The summed E-state index contributed by atoms with van der Waals surface area (Å²) in [7, 11) is 0. The van der Waals surface area contributed by atoms with Crippen LogP contribution in [0.4, 0.5) is 0 Å². The number of hydrogen-bond acceptors (Lipinski definition) is 2. The van der Waals surface area contributed by atoms with Crippen LogP contribution in [-0.4, -0.2) is 15.2 Å². The van der Waals surface area contributed by atoms with Gasteiger partial charge in [-0.15, -0.1) is 0 Å². The number of hydrogen-bond donors (Lipinski definition) is 3. The molecule has 2 rings (SSSR count). The molecule has 0 atom stereocenters. The van der Waals surface area contributed by atoms with Gasteiger partial charge in [-0.2, -0.15) is 0 Å². The van der Waals surface area contributed by atoms with E-state index in [4.69, 9.17) is 11.6 Å². The zero-order valence-corrected chi connectivity index (χ0v) is 12.4. The Hall–Kier alpha value is -1.13. The van der Waals surface area contributed by atoms with E-state index in [0.29, 0.717) is 21.8 Å². The highest BCUT2D eigenvalue weighted by molar-refractivity contribution is 9.10. The van der Waals surface area contributed by atoms with Crippen LogP contribution in [0.15, 0.2) is 16.6 Å². The molecule has 0 saturated carbocycles. The van der Waals surface area contributed by atoms with Crippen molar-refractivity contribution in [3.63, 3.8) is 0 Å². The van der Waals surface area contributed by atoms with Gasteiger partial charge in [0.2, 0.25) is 5.88 Å². The van der Waals surface area contributed by atoms with Crippen molar-refractivity contribution >= 4 is 27.5 Å². The number of nitrogens with one attached hydrogen (secondary N) is 1. The van der Waals surface area contributed by atoms with Crippen LogP contribution >= 0.6 is 27.5 Å². The average molecular weight is 331 g/mol. The molecule has 0 aliphatic carbocycles. The fourth-order valence-electron chi connectivity index (χ4n) is 2.02. The van der Waals surface area contributed by atoms with Crippen LogP contribution in [0.25, 0.3) is 11.1 Å². The molecule has 0 saturated heterocycles. The molecule has 3 nitrogen and oxygen atoms in total. The van der Waals surface area contributed by atoms with E-state index >= 15 is 0 Å². The van der Waals surface area contributed by atoms with Crippen molar-refractivity contribution < 1.29 is 10.2 Å². The SMILES string of the molecule is CCc1cc(Br)cc(Cl)c1-c1c(O)[nH]c(C)c1O. The second kappa shape index (κ2) is 4.86. The minimum Gasteiger partial charge on any atom is -0.505 e. The highest BCUT2D eigenvalue weighted by atomic mass is 79.9. The molecule has 96 valence electrons. The maximum atomic E-state index is 10.0. The molecule has 2 aromatic rings. The molecule has 0 bridgehead atoms. The van der Waals surface area contributed by atoms with Crippen molar-refractivity contribution in [2.75, 3.05) is 0 Å². The molecule has 1 aromatic heterocycles. The van der Waals surface area contributed by atoms with Gasteiger partial charge in [-0.05, 0) is 31.0 Å². The first-order valence-electron chi connectivity index (χ1n) is 5.54. The molecule has 0 amide bonds. The number of aromatic amines is 1. The molecule has 1 heterocycles. The number of aryl methyl sites for hydroxylation is 2. The molecule has 0 spiro atoms. The van der Waals surface area contributed by atoms with Gasteiger partial charge in [-0.1, -0.05) is 34.5 Å². The van der Waals surface area contributed by atoms with Gasteiger partial charge < -0.3 is 15.2 Å². The predicted molar refractivity (Wildman–Crippen MR) is 76.4 cm³/mol. The summed E-state index contributed by atoms with van der Waals surface area (Å²) >= 11 is 9.62. The Morgan fingerprint density at radius 1 is 1.28 bits per heavy atom. The average Bonchev–Trinajstić information content (AvgIpc) is 2.54. The summed E-state index contributed by atoms with van der Waals surface area (Å²) in [5.74, 6) is -0.0321. The molecule has 0 radical (unpaired) electrons. The summed E-state index contributed by atoms with van der Waals surface area (Å²) in [4.78, 5) is 2.70. The molecule has 5 heteroatoms. The zero-order valence-electron chi connectivity index (χ0n) is 10.0. The lowest BCUT2D eigenvalue weighted by Crippen LogP contribution is -1.89. The van der Waals surface area contributed by atoms with Crippen molar-refractivity contribution in [1.82, 2.24) is 4.98 Å². The van der Waals surface area contributed by atoms with E-state index in [0.717, 1.165) is 16.5 Å². The van der Waals surface area contributed by atoms with E-state index in [1.54, 1.807) is 13.0 Å². The zero-order chi connectivity index (χ0) is 13.4. The Morgan fingerprint density at radius 3 is 2.44 bits per heavy atom. The first-order chi connectivity index (χ1) is 8.45. The third-order valence-corrected chi connectivity index (χ3v) is 3.66. The minimum atomic E-state index is -0.0658. The number of aromatic hydroxyl groups is 2. The van der Waals surface area contributed by atoms with Gasteiger partial charge in [0.15, 0.2) is 0 Å². The van der Waals surface area contributed by atoms with Gasteiger partial charge in [0.05, 0.1) is 16.3 Å². The fraction of sp³-hybridized carbons (Fsp3) is 0.231. The van der Waals surface area contributed by atoms with Crippen LogP contribution in [0.2, 0.25) is 5.02 Å². The van der Waals surface area contributed by atoms with Crippen LogP contribution < -0.4 is 0 Å². The molecule has 0 unspecified atom stereocenters. The fourth-order valence-corrected chi connectivity index (χ4v) is 2.99. The summed E-state index contributed by atoms with van der Waals surface area (Å²) in [6.45, 7) is 3.69. The van der Waals surface area contributed by atoms with E-state index in [9.17, 15) is 10.2 Å². The maximum Gasteiger partial charge on any atom is 0.200 e. The Kier molecular flexibility index (Phi) is 3.59. The van der Waals surface area contributed by atoms with E-state index in [2.05, 4.69) is 20.9 Å². The highest BCUT2D eigenvalue weighted by Crippen LogP contribution is 2.45. The molecule has 3 N–H and O–H groups in total. The standard InChI is InChI=1S/C13H13BrClNO2/c1-3-7-4-8(14)5-9(15)10(7)11-12(17)6(2)16-13(11)18/h4-5,16-18H,3H2,1-2H3. The number of benzene rings is 1. The number of halogens is 2. The second-order valence-electron chi connectivity index (χ2n) is 4.10. The quantitative estimate of drug-likeness (QED) is 0.765. The first-order valence-corrected chi connectivity index (χ1v) is 6.71. The van der Waals surface area contributed by atoms with Crippen LogP contribution in [0.5, 0.6) is 11.6 Å². The topological polar surface area (TPSA) is 56.2 Å². The third kappa shape index (κ3) is 2.10. The lowest BCUT2D eigenvalue weighted by atomic mass is 9.99. The number of rotatable bonds is 2.